The third kappa shape index (κ3) is 3.78. The molecule has 0 amide bonds. The Labute approximate surface area is 106 Å². The highest BCUT2D eigenvalue weighted by Crippen LogP contribution is 2.20. The molecule has 0 radical (unpaired) electrons. The fraction of sp³-hybridized carbons (Fsp3) is 0.500. The number of nitrogens with one attached hydrogen (secondary N) is 1. The van der Waals surface area contributed by atoms with Crippen molar-refractivity contribution in [2.24, 2.45) is 0 Å². The van der Waals surface area contributed by atoms with Crippen molar-refractivity contribution < 1.29 is 8.42 Å². The number of rotatable bonds is 5. The van der Waals surface area contributed by atoms with Gasteiger partial charge in [-0.15, -0.1) is 11.3 Å². The van der Waals surface area contributed by atoms with Crippen LogP contribution in [0.3, 0.4) is 0 Å². The smallest absolute Gasteiger partial charge is 0.250 e. The second-order valence-electron chi connectivity index (χ2n) is 3.90. The maximum atomic E-state index is 11.9. The molecule has 0 saturated heterocycles. The molecule has 1 aromatic heterocycles. The van der Waals surface area contributed by atoms with Crippen LogP contribution >= 0.6 is 11.3 Å². The molecule has 1 unspecified atom stereocenters. The normalized spacial score (nSPS) is 13.6. The van der Waals surface area contributed by atoms with Gasteiger partial charge < -0.3 is 4.90 Å². The van der Waals surface area contributed by atoms with Crippen LogP contribution in [0.1, 0.15) is 11.8 Å². The van der Waals surface area contributed by atoms with E-state index in [1.54, 1.807) is 0 Å². The van der Waals surface area contributed by atoms with E-state index in [9.17, 15) is 8.42 Å². The van der Waals surface area contributed by atoms with Gasteiger partial charge in [0.15, 0.2) is 0 Å². The largest absolute Gasteiger partial charge is 0.305 e. The van der Waals surface area contributed by atoms with Crippen molar-refractivity contribution in [3.05, 3.63) is 17.0 Å². The number of nitriles is 1. The third-order valence-corrected chi connectivity index (χ3v) is 5.31. The number of thiophene rings is 1. The molecule has 0 aliphatic rings. The van der Waals surface area contributed by atoms with Crippen molar-refractivity contribution in [2.45, 2.75) is 17.2 Å². The molecule has 1 aromatic rings. The van der Waals surface area contributed by atoms with Crippen LogP contribution in [0, 0.1) is 11.3 Å². The summed E-state index contributed by atoms with van der Waals surface area (Å²) >= 11 is 0.975. The highest BCUT2D eigenvalue weighted by Gasteiger charge is 2.18. The lowest BCUT2D eigenvalue weighted by Crippen LogP contribution is -2.37. The van der Waals surface area contributed by atoms with Crippen LogP contribution in [0.2, 0.25) is 0 Å². The predicted molar refractivity (Wildman–Crippen MR) is 67.4 cm³/mol. The number of hydrogen-bond donors (Lipinski definition) is 1. The molecule has 1 atom stereocenters. The lowest BCUT2D eigenvalue weighted by Gasteiger charge is -2.19. The molecule has 1 rings (SSSR count). The van der Waals surface area contributed by atoms with E-state index in [0.29, 0.717) is 11.4 Å². The van der Waals surface area contributed by atoms with Gasteiger partial charge in [0.25, 0.3) is 0 Å². The Bertz CT molecular complexity index is 514. The summed E-state index contributed by atoms with van der Waals surface area (Å²) in [6.45, 7) is 2.27. The zero-order valence-electron chi connectivity index (χ0n) is 9.97. The van der Waals surface area contributed by atoms with Gasteiger partial charge in [0.05, 0.1) is 0 Å². The van der Waals surface area contributed by atoms with Crippen LogP contribution in [-0.4, -0.2) is 40.0 Å². The van der Waals surface area contributed by atoms with Gasteiger partial charge in [-0.1, -0.05) is 0 Å². The summed E-state index contributed by atoms with van der Waals surface area (Å²) in [6, 6.07) is 4.99. The molecule has 94 valence electrons. The molecule has 0 saturated carbocycles. The Morgan fingerprint density at radius 1 is 1.53 bits per heavy atom. The Balaban J connectivity index is 2.73. The van der Waals surface area contributed by atoms with Gasteiger partial charge in [-0.05, 0) is 33.2 Å². The highest BCUT2D eigenvalue weighted by atomic mass is 32.2. The van der Waals surface area contributed by atoms with Crippen LogP contribution in [-0.2, 0) is 10.0 Å². The van der Waals surface area contributed by atoms with Crippen molar-refractivity contribution >= 4 is 21.4 Å². The van der Waals surface area contributed by atoms with E-state index < -0.39 is 10.0 Å². The Morgan fingerprint density at radius 3 is 2.65 bits per heavy atom. The van der Waals surface area contributed by atoms with Crippen molar-refractivity contribution in [1.82, 2.24) is 9.62 Å². The monoisotopic (exact) mass is 273 g/mol. The summed E-state index contributed by atoms with van der Waals surface area (Å²) in [5.41, 5.74) is 0. The molecule has 0 bridgehead atoms. The summed E-state index contributed by atoms with van der Waals surface area (Å²) in [5, 5.41) is 8.65. The minimum Gasteiger partial charge on any atom is -0.305 e. The van der Waals surface area contributed by atoms with Crippen molar-refractivity contribution in [3.8, 4) is 6.07 Å². The van der Waals surface area contributed by atoms with Gasteiger partial charge in [-0.3, -0.25) is 0 Å². The first-order valence-electron chi connectivity index (χ1n) is 5.03. The summed E-state index contributed by atoms with van der Waals surface area (Å²) in [5.74, 6) is 0. The molecular weight excluding hydrogens is 258 g/mol. The molecule has 0 aliphatic carbocycles. The van der Waals surface area contributed by atoms with E-state index in [2.05, 4.69) is 4.72 Å². The van der Waals surface area contributed by atoms with Crippen LogP contribution in [0.25, 0.3) is 0 Å². The molecule has 7 heteroatoms. The average Bonchev–Trinajstić information content (AvgIpc) is 2.75. The number of likely N-dealkylation sites (N-methyl/N-ethyl adjacent to an activating group) is 1. The van der Waals surface area contributed by atoms with Gasteiger partial charge in [-0.25, -0.2) is 13.1 Å². The Kier molecular flexibility index (Phi) is 4.65. The van der Waals surface area contributed by atoms with Gasteiger partial charge in [0, 0.05) is 12.6 Å². The molecule has 0 aromatic carbocycles. The van der Waals surface area contributed by atoms with E-state index >= 15 is 0 Å². The minimum atomic E-state index is -3.49. The van der Waals surface area contributed by atoms with E-state index in [1.165, 1.54) is 12.1 Å². The zero-order chi connectivity index (χ0) is 13.1. The van der Waals surface area contributed by atoms with E-state index in [4.69, 9.17) is 5.26 Å². The fourth-order valence-electron chi connectivity index (χ4n) is 1.01. The molecule has 1 heterocycles. The highest BCUT2D eigenvalue weighted by molar-refractivity contribution is 7.91. The second-order valence-corrected chi connectivity index (χ2v) is 6.97. The molecule has 17 heavy (non-hydrogen) atoms. The van der Waals surface area contributed by atoms with Crippen molar-refractivity contribution in [3.63, 3.8) is 0 Å². The van der Waals surface area contributed by atoms with Crippen LogP contribution < -0.4 is 4.72 Å². The Morgan fingerprint density at radius 2 is 2.18 bits per heavy atom. The average molecular weight is 273 g/mol. The molecule has 0 spiro atoms. The lowest BCUT2D eigenvalue weighted by atomic mass is 10.3. The summed E-state index contributed by atoms with van der Waals surface area (Å²) in [4.78, 5) is 2.32. The molecular formula is C10H15N3O2S2. The van der Waals surface area contributed by atoms with E-state index in [0.717, 1.165) is 11.3 Å². The van der Waals surface area contributed by atoms with Crippen molar-refractivity contribution in [1.29, 1.82) is 5.26 Å². The standard InChI is InChI=1S/C10H15N3O2S2/c1-8(13(2)3)7-12-17(14,15)10-5-4-9(6-11)16-10/h4-5,8,12H,7H2,1-3H3. The first-order chi connectivity index (χ1) is 7.86. The first-order valence-corrected chi connectivity index (χ1v) is 7.33. The molecule has 1 N–H and O–H groups in total. The lowest BCUT2D eigenvalue weighted by molar-refractivity contribution is 0.314. The van der Waals surface area contributed by atoms with Gasteiger partial charge >= 0.3 is 0 Å². The second kappa shape index (κ2) is 5.60. The van der Waals surface area contributed by atoms with Gasteiger partial charge in [-0.2, -0.15) is 5.26 Å². The maximum absolute atomic E-state index is 11.9. The quantitative estimate of drug-likeness (QED) is 0.863. The van der Waals surface area contributed by atoms with Crippen LogP contribution in [0.4, 0.5) is 0 Å². The molecule has 0 aliphatic heterocycles. The zero-order valence-corrected chi connectivity index (χ0v) is 11.6. The van der Waals surface area contributed by atoms with Crippen molar-refractivity contribution in [2.75, 3.05) is 20.6 Å². The molecule has 5 nitrogen and oxygen atoms in total. The number of nitrogens with zero attached hydrogens (tertiary/aromatic N) is 2. The SMILES string of the molecule is CC(CNS(=O)(=O)c1ccc(C#N)s1)N(C)C. The molecule has 0 fully saturated rings. The topological polar surface area (TPSA) is 73.2 Å². The fourth-order valence-corrected chi connectivity index (χ4v) is 3.28. The summed E-state index contributed by atoms with van der Waals surface area (Å²) in [6.07, 6.45) is 0. The maximum Gasteiger partial charge on any atom is 0.250 e. The van der Waals surface area contributed by atoms with E-state index in [1.807, 2.05) is 32.0 Å². The predicted octanol–water partition coefficient (Wildman–Crippen LogP) is 0.848. The number of sulfonamides is 1. The summed E-state index contributed by atoms with van der Waals surface area (Å²) < 4.78 is 26.4. The van der Waals surface area contributed by atoms with Gasteiger partial charge in [0.1, 0.15) is 15.2 Å². The van der Waals surface area contributed by atoms with Crippen LogP contribution in [0.5, 0.6) is 0 Å². The third-order valence-electron chi connectivity index (χ3n) is 2.41. The minimum absolute atomic E-state index is 0.111. The van der Waals surface area contributed by atoms with Gasteiger partial charge in [0.2, 0.25) is 10.0 Å². The Hall–Kier alpha value is -0.940. The first kappa shape index (κ1) is 14.1. The van der Waals surface area contributed by atoms with Crippen LogP contribution in [0.15, 0.2) is 16.3 Å². The number of hydrogen-bond acceptors (Lipinski definition) is 5. The summed E-state index contributed by atoms with van der Waals surface area (Å²) in [7, 11) is 0.286. The van der Waals surface area contributed by atoms with E-state index in [-0.39, 0.29) is 10.3 Å².